The summed E-state index contributed by atoms with van der Waals surface area (Å²) in [5, 5.41) is 2.71. The molecule has 1 N–H and O–H groups in total. The first-order chi connectivity index (χ1) is 9.24. The zero-order valence-corrected chi connectivity index (χ0v) is 12.2. The number of benzene rings is 1. The Morgan fingerprint density at radius 2 is 2.05 bits per heavy atom. The van der Waals surface area contributed by atoms with E-state index >= 15 is 0 Å². The van der Waals surface area contributed by atoms with Crippen LogP contribution in [0.5, 0.6) is 0 Å². The van der Waals surface area contributed by atoms with Crippen molar-refractivity contribution >= 4 is 27.5 Å². The molecule has 0 saturated heterocycles. The van der Waals surface area contributed by atoms with Gasteiger partial charge in [-0.25, -0.2) is 0 Å². The third kappa shape index (κ3) is 3.96. The largest absolute Gasteiger partial charge is 0.522 e. The Bertz CT molecular complexity index is 513. The molecule has 3 nitrogen and oxygen atoms in total. The summed E-state index contributed by atoms with van der Waals surface area (Å²) in [6.07, 6.45) is -5.36. The van der Waals surface area contributed by atoms with Crippen LogP contribution in [0.2, 0.25) is 0 Å². The molecule has 1 aliphatic rings. The lowest BCUT2D eigenvalue weighted by atomic mass is 9.81. The lowest BCUT2D eigenvalue weighted by Gasteiger charge is -2.34. The Balaban J connectivity index is 1.87. The molecule has 1 amide bonds. The van der Waals surface area contributed by atoms with Crippen LogP contribution in [0.3, 0.4) is 0 Å². The first-order valence-corrected chi connectivity index (χ1v) is 6.85. The van der Waals surface area contributed by atoms with E-state index in [1.54, 1.807) is 12.1 Å². The molecule has 1 aliphatic carbocycles. The predicted molar refractivity (Wildman–Crippen MR) is 71.2 cm³/mol. The zero-order valence-electron chi connectivity index (χ0n) is 10.6. The van der Waals surface area contributed by atoms with Crippen molar-refractivity contribution < 1.29 is 22.7 Å². The zero-order chi connectivity index (χ0) is 14.9. The summed E-state index contributed by atoms with van der Waals surface area (Å²) in [6.45, 7) is 1.89. The molecule has 2 rings (SSSR count). The Labute approximate surface area is 122 Å². The van der Waals surface area contributed by atoms with Crippen LogP contribution >= 0.6 is 15.9 Å². The first kappa shape index (κ1) is 15.3. The molecule has 0 unspecified atom stereocenters. The molecular formula is C13H13BrF3NO2. The summed E-state index contributed by atoms with van der Waals surface area (Å²) in [7, 11) is 0. The minimum absolute atomic E-state index is 0.0920. The predicted octanol–water partition coefficient (Wildman–Crippen LogP) is 4.01. The van der Waals surface area contributed by atoms with Gasteiger partial charge >= 0.3 is 6.36 Å². The van der Waals surface area contributed by atoms with Crippen LogP contribution in [-0.2, 0) is 9.53 Å². The highest BCUT2D eigenvalue weighted by atomic mass is 79.9. The third-order valence-electron chi connectivity index (χ3n) is 3.15. The smallest absolute Gasteiger partial charge is 0.325 e. The topological polar surface area (TPSA) is 38.3 Å². The van der Waals surface area contributed by atoms with Gasteiger partial charge in [0.15, 0.2) is 0 Å². The SMILES string of the molecule is Cc1ccc(Br)c(NC(=O)C2CC(OC(F)(F)F)C2)c1. The van der Waals surface area contributed by atoms with Crippen molar-refractivity contribution in [3.05, 3.63) is 28.2 Å². The molecule has 0 spiro atoms. The summed E-state index contributed by atoms with van der Waals surface area (Å²) in [5.41, 5.74) is 1.60. The van der Waals surface area contributed by atoms with Gasteiger partial charge < -0.3 is 5.32 Å². The van der Waals surface area contributed by atoms with Gasteiger partial charge in [0.05, 0.1) is 11.8 Å². The van der Waals surface area contributed by atoms with E-state index in [9.17, 15) is 18.0 Å². The maximum atomic E-state index is 12.0. The van der Waals surface area contributed by atoms with E-state index in [-0.39, 0.29) is 18.7 Å². The van der Waals surface area contributed by atoms with Crippen molar-refractivity contribution in [1.82, 2.24) is 0 Å². The highest BCUT2D eigenvalue weighted by molar-refractivity contribution is 9.10. The molecule has 0 aliphatic heterocycles. The molecule has 0 bridgehead atoms. The van der Waals surface area contributed by atoms with Crippen LogP contribution in [0.25, 0.3) is 0 Å². The molecule has 7 heteroatoms. The number of hydrogen-bond acceptors (Lipinski definition) is 2. The molecule has 1 saturated carbocycles. The van der Waals surface area contributed by atoms with Gasteiger partial charge in [-0.1, -0.05) is 6.07 Å². The van der Waals surface area contributed by atoms with Gasteiger partial charge in [0.2, 0.25) is 5.91 Å². The maximum absolute atomic E-state index is 12.0. The van der Waals surface area contributed by atoms with E-state index < -0.39 is 18.4 Å². The second-order valence-electron chi connectivity index (χ2n) is 4.83. The Morgan fingerprint density at radius 3 is 2.65 bits per heavy atom. The number of halogens is 4. The fraction of sp³-hybridized carbons (Fsp3) is 0.462. The van der Waals surface area contributed by atoms with E-state index in [0.29, 0.717) is 5.69 Å². The van der Waals surface area contributed by atoms with E-state index in [4.69, 9.17) is 0 Å². The van der Waals surface area contributed by atoms with Gasteiger partial charge in [0.25, 0.3) is 0 Å². The highest BCUT2D eigenvalue weighted by Gasteiger charge is 2.42. The lowest BCUT2D eigenvalue weighted by molar-refractivity contribution is -0.353. The number of anilines is 1. The van der Waals surface area contributed by atoms with Gasteiger partial charge in [-0.05, 0) is 53.4 Å². The number of carbonyl (C=O) groups excluding carboxylic acids is 1. The second kappa shape index (κ2) is 5.73. The average molecular weight is 352 g/mol. The number of amides is 1. The fourth-order valence-corrected chi connectivity index (χ4v) is 2.38. The van der Waals surface area contributed by atoms with Crippen LogP contribution in [0.4, 0.5) is 18.9 Å². The van der Waals surface area contributed by atoms with Gasteiger partial charge in [-0.15, -0.1) is 13.2 Å². The molecule has 1 aromatic carbocycles. The first-order valence-electron chi connectivity index (χ1n) is 6.06. The monoisotopic (exact) mass is 351 g/mol. The van der Waals surface area contributed by atoms with Crippen LogP contribution < -0.4 is 5.32 Å². The van der Waals surface area contributed by atoms with Crippen molar-refractivity contribution in [2.45, 2.75) is 32.2 Å². The number of hydrogen-bond donors (Lipinski definition) is 1. The lowest BCUT2D eigenvalue weighted by Crippen LogP contribution is -2.41. The van der Waals surface area contributed by atoms with Crippen molar-refractivity contribution in [2.24, 2.45) is 5.92 Å². The highest BCUT2D eigenvalue weighted by Crippen LogP contribution is 2.36. The molecule has 0 aromatic heterocycles. The maximum Gasteiger partial charge on any atom is 0.522 e. The molecule has 0 atom stereocenters. The number of nitrogens with one attached hydrogen (secondary N) is 1. The van der Waals surface area contributed by atoms with E-state index in [1.165, 1.54) is 0 Å². The quantitative estimate of drug-likeness (QED) is 0.893. The fourth-order valence-electron chi connectivity index (χ4n) is 2.03. The molecule has 1 fully saturated rings. The van der Waals surface area contributed by atoms with Gasteiger partial charge in [0, 0.05) is 10.4 Å². The van der Waals surface area contributed by atoms with E-state index in [1.807, 2.05) is 13.0 Å². The summed E-state index contributed by atoms with van der Waals surface area (Å²) < 4.78 is 40.5. The second-order valence-corrected chi connectivity index (χ2v) is 5.68. The Morgan fingerprint density at radius 1 is 1.40 bits per heavy atom. The summed E-state index contributed by atoms with van der Waals surface area (Å²) in [4.78, 5) is 11.9. The summed E-state index contributed by atoms with van der Waals surface area (Å²) in [6, 6.07) is 5.49. The summed E-state index contributed by atoms with van der Waals surface area (Å²) in [5.74, 6) is -0.715. The van der Waals surface area contributed by atoms with Crippen LogP contribution in [-0.4, -0.2) is 18.4 Å². The summed E-state index contributed by atoms with van der Waals surface area (Å²) >= 11 is 3.31. The van der Waals surface area contributed by atoms with Crippen molar-refractivity contribution in [3.8, 4) is 0 Å². The van der Waals surface area contributed by atoms with Crippen LogP contribution in [0.15, 0.2) is 22.7 Å². The van der Waals surface area contributed by atoms with Gasteiger partial charge in [0.1, 0.15) is 0 Å². The van der Waals surface area contributed by atoms with Crippen molar-refractivity contribution in [2.75, 3.05) is 5.32 Å². The molecule has 20 heavy (non-hydrogen) atoms. The minimum atomic E-state index is -4.63. The average Bonchev–Trinajstić information content (AvgIpc) is 2.26. The Kier molecular flexibility index (Phi) is 4.39. The van der Waals surface area contributed by atoms with Crippen molar-refractivity contribution in [3.63, 3.8) is 0 Å². The normalized spacial score (nSPS) is 22.2. The van der Waals surface area contributed by atoms with Crippen LogP contribution in [0.1, 0.15) is 18.4 Å². The molecule has 110 valence electrons. The number of rotatable bonds is 3. The number of ether oxygens (including phenoxy) is 1. The third-order valence-corrected chi connectivity index (χ3v) is 3.84. The van der Waals surface area contributed by atoms with Crippen molar-refractivity contribution in [1.29, 1.82) is 0 Å². The van der Waals surface area contributed by atoms with Gasteiger partial charge in [-0.3, -0.25) is 9.53 Å². The Hall–Kier alpha value is -1.08. The number of alkyl halides is 3. The molecule has 1 aromatic rings. The van der Waals surface area contributed by atoms with Crippen LogP contribution in [0, 0.1) is 12.8 Å². The standard InChI is InChI=1S/C13H13BrF3NO2/c1-7-2-3-10(14)11(4-7)18-12(19)8-5-9(6-8)20-13(15,16)17/h2-4,8-9H,5-6H2,1H3,(H,18,19). The number of carbonyl (C=O) groups is 1. The number of aryl methyl sites for hydroxylation is 1. The molecule has 0 radical (unpaired) electrons. The van der Waals surface area contributed by atoms with E-state index in [0.717, 1.165) is 10.0 Å². The molecule has 0 heterocycles. The minimum Gasteiger partial charge on any atom is -0.325 e. The van der Waals surface area contributed by atoms with Gasteiger partial charge in [-0.2, -0.15) is 0 Å². The van der Waals surface area contributed by atoms with E-state index in [2.05, 4.69) is 26.0 Å². The molecular weight excluding hydrogens is 339 g/mol.